The van der Waals surface area contributed by atoms with Crippen molar-refractivity contribution in [3.63, 3.8) is 0 Å². The average Bonchev–Trinajstić information content (AvgIpc) is 1.68. The molecule has 0 unspecified atom stereocenters. The highest BCUT2D eigenvalue weighted by atomic mass is 16.6. The molecular weight excluding hydrogens is 1130 g/mol. The summed E-state index contributed by atoms with van der Waals surface area (Å²) >= 11 is 0. The molecule has 15 nitrogen and oxygen atoms in total. The van der Waals surface area contributed by atoms with E-state index in [0.29, 0.717) is 61.9 Å². The van der Waals surface area contributed by atoms with Gasteiger partial charge in [0, 0.05) is 48.9 Å². The van der Waals surface area contributed by atoms with Gasteiger partial charge in [-0.2, -0.15) is 0 Å². The van der Waals surface area contributed by atoms with E-state index in [9.17, 15) is 28.8 Å². The SMILES string of the molecule is CCCCCCCCCCCCCCCCCCOC(=O)Nc1ccc(Cc2ccc(NC(=O)C(C)(C)C(=O)NCCN(C)CCNC(=O)C(C)(C)C(=O)Nc3ccc(Cc4ccc(NC(=O)OCCCCCCCCCCCCCC)cc4)cc3)cc2)cc1. The summed E-state index contributed by atoms with van der Waals surface area (Å²) in [5, 5.41) is 17.1. The lowest BCUT2D eigenvalue weighted by molar-refractivity contribution is -0.139. The first-order valence-corrected chi connectivity index (χ1v) is 34.6. The average molecular weight is 1240 g/mol. The van der Waals surface area contributed by atoms with Crippen molar-refractivity contribution in [2.24, 2.45) is 10.8 Å². The summed E-state index contributed by atoms with van der Waals surface area (Å²) in [7, 11) is 1.86. The minimum absolute atomic E-state index is 0.281. The number of nitrogens with one attached hydrogen (secondary N) is 6. The molecule has 498 valence electrons. The van der Waals surface area contributed by atoms with Crippen LogP contribution in [0.15, 0.2) is 97.1 Å². The lowest BCUT2D eigenvalue weighted by atomic mass is 9.91. The molecule has 4 aromatic carbocycles. The Morgan fingerprint density at radius 2 is 0.567 bits per heavy atom. The number of amides is 6. The van der Waals surface area contributed by atoms with E-state index in [1.54, 1.807) is 27.7 Å². The smallest absolute Gasteiger partial charge is 0.411 e. The molecule has 0 aliphatic rings. The van der Waals surface area contributed by atoms with Gasteiger partial charge in [-0.3, -0.25) is 29.8 Å². The van der Waals surface area contributed by atoms with Crippen molar-refractivity contribution in [3.05, 3.63) is 119 Å². The van der Waals surface area contributed by atoms with Gasteiger partial charge in [-0.15, -0.1) is 0 Å². The van der Waals surface area contributed by atoms with Crippen molar-refractivity contribution in [3.8, 4) is 0 Å². The highest BCUT2D eigenvalue weighted by molar-refractivity contribution is 6.10. The van der Waals surface area contributed by atoms with E-state index < -0.39 is 46.6 Å². The number of hydrogen-bond acceptors (Lipinski definition) is 9. The van der Waals surface area contributed by atoms with E-state index >= 15 is 0 Å². The third-order valence-electron chi connectivity index (χ3n) is 16.9. The zero-order valence-corrected chi connectivity index (χ0v) is 56.4. The maximum Gasteiger partial charge on any atom is 0.411 e. The van der Waals surface area contributed by atoms with Crippen LogP contribution < -0.4 is 31.9 Å². The van der Waals surface area contributed by atoms with Crippen molar-refractivity contribution in [2.45, 2.75) is 234 Å². The number of carbonyl (C=O) groups excluding carboxylic acids is 6. The van der Waals surface area contributed by atoms with Crippen molar-refractivity contribution in [1.82, 2.24) is 15.5 Å². The number of ether oxygens (including phenoxy) is 2. The summed E-state index contributed by atoms with van der Waals surface area (Å²) in [4.78, 5) is 80.0. The number of rotatable bonds is 48. The highest BCUT2D eigenvalue weighted by Gasteiger charge is 2.37. The van der Waals surface area contributed by atoms with Gasteiger partial charge < -0.3 is 35.6 Å². The largest absolute Gasteiger partial charge is 0.449 e. The first kappa shape index (κ1) is 75.7. The number of benzene rings is 4. The Labute approximate surface area is 541 Å². The van der Waals surface area contributed by atoms with Crippen LogP contribution in [0.4, 0.5) is 32.3 Å². The zero-order valence-electron chi connectivity index (χ0n) is 56.4. The maximum atomic E-state index is 13.4. The van der Waals surface area contributed by atoms with Crippen LogP contribution >= 0.6 is 0 Å². The van der Waals surface area contributed by atoms with E-state index in [1.807, 2.05) is 109 Å². The van der Waals surface area contributed by atoms with Crippen LogP contribution in [0.25, 0.3) is 0 Å². The molecule has 0 spiro atoms. The first-order valence-electron chi connectivity index (χ1n) is 34.6. The van der Waals surface area contributed by atoms with Crippen LogP contribution in [0.1, 0.15) is 244 Å². The molecule has 15 heteroatoms. The highest BCUT2D eigenvalue weighted by Crippen LogP contribution is 2.24. The van der Waals surface area contributed by atoms with Gasteiger partial charge in [0.2, 0.25) is 23.6 Å². The summed E-state index contributed by atoms with van der Waals surface area (Å²) in [5.74, 6) is -1.71. The van der Waals surface area contributed by atoms with Crippen molar-refractivity contribution >= 4 is 58.6 Å². The standard InChI is InChI=1S/C75H115N7O8/c1-8-10-12-14-16-18-20-22-23-24-25-27-29-31-33-35-57-90-73(88)81-67-50-42-63(43-51-67)59-61-38-46-65(47-39-61)79-71(86)75(5,6)69(84)77-53-55-82(7)54-52-76-68(83)74(3,4)70(85)78-64-44-36-60(37-45-64)58-62-40-48-66(49-41-62)80-72(87)89-56-34-32-30-28-26-21-19-17-15-13-11-9-2/h36-51H,8-35,52-59H2,1-7H3,(H,76,83)(H,77,84)(H,78,85)(H,79,86)(H,80,87)(H,81,88). The monoisotopic (exact) mass is 1240 g/mol. The normalized spacial score (nSPS) is 11.5. The Bertz CT molecular complexity index is 2640. The van der Waals surface area contributed by atoms with Gasteiger partial charge in [0.1, 0.15) is 10.8 Å². The molecule has 0 heterocycles. The van der Waals surface area contributed by atoms with Gasteiger partial charge in [-0.25, -0.2) is 9.59 Å². The molecule has 0 atom stereocenters. The van der Waals surface area contributed by atoms with E-state index in [-0.39, 0.29) is 13.1 Å². The fourth-order valence-corrected chi connectivity index (χ4v) is 10.6. The number of hydrogen-bond donors (Lipinski definition) is 6. The minimum atomic E-state index is -1.36. The number of carbonyl (C=O) groups is 6. The van der Waals surface area contributed by atoms with Gasteiger partial charge in [-0.05, 0) is 131 Å². The van der Waals surface area contributed by atoms with Crippen LogP contribution in [0.2, 0.25) is 0 Å². The van der Waals surface area contributed by atoms with Gasteiger partial charge in [0.25, 0.3) is 0 Å². The van der Waals surface area contributed by atoms with Crippen molar-refractivity contribution in [1.29, 1.82) is 0 Å². The molecule has 6 N–H and O–H groups in total. The van der Waals surface area contributed by atoms with Crippen LogP contribution in [-0.2, 0) is 41.5 Å². The Balaban J connectivity index is 1.02. The maximum absolute atomic E-state index is 13.4. The Kier molecular flexibility index (Phi) is 37.6. The second-order valence-corrected chi connectivity index (χ2v) is 25.8. The molecule has 4 aromatic rings. The molecule has 0 aromatic heterocycles. The van der Waals surface area contributed by atoms with E-state index in [1.165, 1.54) is 154 Å². The van der Waals surface area contributed by atoms with Gasteiger partial charge in [0.05, 0.1) is 13.2 Å². The predicted molar refractivity (Wildman–Crippen MR) is 370 cm³/mol. The van der Waals surface area contributed by atoms with E-state index in [0.717, 1.165) is 47.9 Å². The Morgan fingerprint density at radius 1 is 0.333 bits per heavy atom. The van der Waals surface area contributed by atoms with Gasteiger partial charge >= 0.3 is 12.2 Å². The van der Waals surface area contributed by atoms with Crippen LogP contribution in [0, 0.1) is 10.8 Å². The topological polar surface area (TPSA) is 196 Å². The van der Waals surface area contributed by atoms with Crippen molar-refractivity contribution < 1.29 is 38.2 Å². The van der Waals surface area contributed by atoms with E-state index in [2.05, 4.69) is 45.7 Å². The van der Waals surface area contributed by atoms with Crippen molar-refractivity contribution in [2.75, 3.05) is 67.7 Å². The molecule has 6 amide bonds. The molecule has 0 bridgehead atoms. The quantitative estimate of drug-likeness (QED) is 0.0184. The summed E-state index contributed by atoms with van der Waals surface area (Å²) in [6.45, 7) is 13.2. The number of anilines is 4. The number of likely N-dealkylation sites (N-methyl/N-ethyl adjacent to an activating group) is 1. The molecule has 0 saturated carbocycles. The molecule has 90 heavy (non-hydrogen) atoms. The molecule has 0 fully saturated rings. The van der Waals surface area contributed by atoms with Crippen LogP contribution in [-0.4, -0.2) is 87.2 Å². The predicted octanol–water partition coefficient (Wildman–Crippen LogP) is 17.7. The van der Waals surface area contributed by atoms with E-state index in [4.69, 9.17) is 9.47 Å². The molecule has 0 aliphatic heterocycles. The second kappa shape index (κ2) is 44.7. The lowest BCUT2D eigenvalue weighted by Gasteiger charge is -2.25. The fourth-order valence-electron chi connectivity index (χ4n) is 10.6. The van der Waals surface area contributed by atoms with Crippen LogP contribution in [0.5, 0.6) is 0 Å². The Hall–Kier alpha value is -6.74. The third kappa shape index (κ3) is 32.3. The Morgan fingerprint density at radius 3 is 0.822 bits per heavy atom. The molecule has 0 saturated heterocycles. The third-order valence-corrected chi connectivity index (χ3v) is 16.9. The molecule has 0 aliphatic carbocycles. The van der Waals surface area contributed by atoms with Gasteiger partial charge in [-0.1, -0.05) is 229 Å². The molecule has 4 rings (SSSR count). The zero-order chi connectivity index (χ0) is 65.1. The summed E-state index contributed by atoms with van der Waals surface area (Å²) in [6.07, 6.45) is 36.3. The van der Waals surface area contributed by atoms with Gasteiger partial charge in [0.15, 0.2) is 0 Å². The molecule has 0 radical (unpaired) electrons. The molecular formula is C75H115N7O8. The summed E-state index contributed by atoms with van der Waals surface area (Å²) < 4.78 is 10.8. The fraction of sp³-hybridized carbons (Fsp3) is 0.600. The first-order chi connectivity index (χ1) is 43.5. The summed E-state index contributed by atoms with van der Waals surface area (Å²) in [5.41, 5.74) is 3.95. The minimum Gasteiger partial charge on any atom is -0.449 e. The lowest BCUT2D eigenvalue weighted by Crippen LogP contribution is -2.48. The number of nitrogens with zero attached hydrogens (tertiary/aromatic N) is 1. The second-order valence-electron chi connectivity index (χ2n) is 25.8. The number of unbranched alkanes of at least 4 members (excludes halogenated alkanes) is 26. The van der Waals surface area contributed by atoms with Crippen LogP contribution in [0.3, 0.4) is 0 Å². The summed E-state index contributed by atoms with van der Waals surface area (Å²) in [6, 6.07) is 30.3.